The quantitative estimate of drug-likeness (QED) is 0.283. The molecule has 12 heteroatoms. The van der Waals surface area contributed by atoms with Gasteiger partial charge in [-0.05, 0) is 37.1 Å². The van der Waals surface area contributed by atoms with Gasteiger partial charge in [-0.1, -0.05) is 12.1 Å². The lowest BCUT2D eigenvalue weighted by atomic mass is 10.1. The Bertz CT molecular complexity index is 646. The standard InChI is InChI=1S/C14H24N2O8P2/c17-13-5-3-12(4-6-13)7-8-15-14(18)2-1-9-16(10-25(19,20)21)11-26(22,23)24/h3-6,17H,1-2,7-11H2,(H,15,18)(H2,19,20,21)(H2,22,23,24). The van der Waals surface area contributed by atoms with E-state index in [1.807, 2.05) is 0 Å². The summed E-state index contributed by atoms with van der Waals surface area (Å²) < 4.78 is 22.1. The number of nitrogens with one attached hydrogen (secondary N) is 1. The number of aromatic hydroxyl groups is 1. The third-order valence-corrected chi connectivity index (χ3v) is 4.86. The largest absolute Gasteiger partial charge is 0.508 e. The van der Waals surface area contributed by atoms with Gasteiger partial charge in [0, 0.05) is 13.0 Å². The Morgan fingerprint density at radius 3 is 2.04 bits per heavy atom. The van der Waals surface area contributed by atoms with Crippen molar-refractivity contribution in [3.63, 3.8) is 0 Å². The first kappa shape index (κ1) is 22.8. The molecule has 1 rings (SSSR count). The fourth-order valence-electron chi connectivity index (χ4n) is 2.27. The van der Waals surface area contributed by atoms with Gasteiger partial charge in [-0.15, -0.1) is 0 Å². The maximum Gasteiger partial charge on any atom is 0.339 e. The number of amides is 1. The van der Waals surface area contributed by atoms with Crippen molar-refractivity contribution in [3.8, 4) is 5.75 Å². The van der Waals surface area contributed by atoms with E-state index in [0.29, 0.717) is 13.0 Å². The SMILES string of the molecule is O=C(CCCN(CP(=O)(O)O)CP(=O)(O)O)NCCc1ccc(O)cc1. The number of benzene rings is 1. The molecule has 148 valence electrons. The Morgan fingerprint density at radius 1 is 1.00 bits per heavy atom. The van der Waals surface area contributed by atoms with Crippen LogP contribution in [-0.2, 0) is 20.3 Å². The van der Waals surface area contributed by atoms with Crippen LogP contribution in [0, 0.1) is 0 Å². The van der Waals surface area contributed by atoms with Gasteiger partial charge >= 0.3 is 15.2 Å². The Balaban J connectivity index is 2.33. The third kappa shape index (κ3) is 11.4. The summed E-state index contributed by atoms with van der Waals surface area (Å²) in [6.45, 7) is 0.361. The topological polar surface area (TPSA) is 168 Å². The molecule has 10 nitrogen and oxygen atoms in total. The van der Waals surface area contributed by atoms with Crippen molar-refractivity contribution in [3.05, 3.63) is 29.8 Å². The summed E-state index contributed by atoms with van der Waals surface area (Å²) in [5.74, 6) is -0.107. The molecule has 0 aliphatic carbocycles. The van der Waals surface area contributed by atoms with Crippen LogP contribution in [-0.4, -0.2) is 61.1 Å². The maximum atomic E-state index is 11.8. The molecule has 1 aromatic rings. The predicted molar refractivity (Wildman–Crippen MR) is 94.6 cm³/mol. The number of carbonyl (C=O) groups excluding carboxylic acids is 1. The highest BCUT2D eigenvalue weighted by atomic mass is 31.2. The lowest BCUT2D eigenvalue weighted by Gasteiger charge is -2.22. The van der Waals surface area contributed by atoms with Gasteiger partial charge in [0.15, 0.2) is 0 Å². The number of hydrogen-bond acceptors (Lipinski definition) is 5. The zero-order valence-corrected chi connectivity index (χ0v) is 15.9. The smallest absolute Gasteiger partial charge is 0.339 e. The molecule has 0 atom stereocenters. The third-order valence-electron chi connectivity index (χ3n) is 3.32. The minimum absolute atomic E-state index is 0.0262. The molecule has 0 fully saturated rings. The lowest BCUT2D eigenvalue weighted by molar-refractivity contribution is -0.121. The lowest BCUT2D eigenvalue weighted by Crippen LogP contribution is -2.30. The summed E-state index contributed by atoms with van der Waals surface area (Å²) in [6, 6.07) is 6.58. The first-order valence-corrected chi connectivity index (χ1v) is 11.4. The highest BCUT2D eigenvalue weighted by Gasteiger charge is 2.25. The monoisotopic (exact) mass is 410 g/mol. The molecule has 1 amide bonds. The fraction of sp³-hybridized carbons (Fsp3) is 0.500. The van der Waals surface area contributed by atoms with Crippen LogP contribution in [0.25, 0.3) is 0 Å². The summed E-state index contributed by atoms with van der Waals surface area (Å²) in [7, 11) is -8.93. The van der Waals surface area contributed by atoms with E-state index >= 15 is 0 Å². The average Bonchev–Trinajstić information content (AvgIpc) is 2.46. The van der Waals surface area contributed by atoms with E-state index in [2.05, 4.69) is 5.32 Å². The van der Waals surface area contributed by atoms with E-state index in [1.54, 1.807) is 24.3 Å². The summed E-state index contributed by atoms with van der Waals surface area (Å²) in [5.41, 5.74) is 0.942. The van der Waals surface area contributed by atoms with Gasteiger partial charge in [0.25, 0.3) is 0 Å². The molecule has 0 saturated heterocycles. The van der Waals surface area contributed by atoms with Crippen molar-refractivity contribution >= 4 is 21.1 Å². The van der Waals surface area contributed by atoms with Crippen LogP contribution in [0.3, 0.4) is 0 Å². The summed E-state index contributed by atoms with van der Waals surface area (Å²) in [4.78, 5) is 48.6. The zero-order chi connectivity index (χ0) is 19.8. The predicted octanol–water partition coefficient (Wildman–Crippen LogP) is 0.403. The van der Waals surface area contributed by atoms with Gasteiger partial charge in [-0.25, -0.2) is 0 Å². The molecule has 0 unspecified atom stereocenters. The first-order valence-electron chi connectivity index (χ1n) is 7.81. The van der Waals surface area contributed by atoms with Crippen LogP contribution in [0.5, 0.6) is 5.75 Å². The molecule has 0 radical (unpaired) electrons. The number of carbonyl (C=O) groups is 1. The van der Waals surface area contributed by atoms with Crippen molar-refractivity contribution in [1.82, 2.24) is 10.2 Å². The van der Waals surface area contributed by atoms with Crippen molar-refractivity contribution in [2.24, 2.45) is 0 Å². The molecule has 1 aromatic carbocycles. The molecular formula is C14H24N2O8P2. The van der Waals surface area contributed by atoms with E-state index < -0.39 is 27.8 Å². The van der Waals surface area contributed by atoms with Gasteiger partial charge in [0.2, 0.25) is 5.91 Å². The molecule has 0 aromatic heterocycles. The zero-order valence-electron chi connectivity index (χ0n) is 14.1. The van der Waals surface area contributed by atoms with Gasteiger partial charge in [-0.2, -0.15) is 0 Å². The Hall–Kier alpha value is -1.25. The second kappa shape index (κ2) is 10.2. The number of phenols is 1. The molecule has 0 heterocycles. The van der Waals surface area contributed by atoms with Gasteiger partial charge in [0.05, 0.1) is 0 Å². The van der Waals surface area contributed by atoms with Crippen molar-refractivity contribution < 1.29 is 38.6 Å². The van der Waals surface area contributed by atoms with E-state index in [9.17, 15) is 19.0 Å². The number of hydrogen-bond donors (Lipinski definition) is 6. The van der Waals surface area contributed by atoms with Crippen LogP contribution >= 0.6 is 15.2 Å². The number of nitrogens with zero attached hydrogens (tertiary/aromatic N) is 1. The number of rotatable bonds is 11. The van der Waals surface area contributed by atoms with E-state index in [-0.39, 0.29) is 31.0 Å². The maximum absolute atomic E-state index is 11.8. The Kier molecular flexibility index (Phi) is 8.92. The van der Waals surface area contributed by atoms with Crippen molar-refractivity contribution in [2.75, 3.05) is 25.7 Å². The minimum atomic E-state index is -4.46. The highest BCUT2D eigenvalue weighted by Crippen LogP contribution is 2.40. The van der Waals surface area contributed by atoms with Crippen LogP contribution in [0.4, 0.5) is 0 Å². The van der Waals surface area contributed by atoms with Crippen LogP contribution in [0.1, 0.15) is 18.4 Å². The van der Waals surface area contributed by atoms with Crippen LogP contribution in [0.15, 0.2) is 24.3 Å². The molecule has 0 saturated carbocycles. The second-order valence-electron chi connectivity index (χ2n) is 5.88. The normalized spacial score (nSPS) is 12.3. The molecule has 6 N–H and O–H groups in total. The Labute approximate surface area is 151 Å². The van der Waals surface area contributed by atoms with Crippen molar-refractivity contribution in [1.29, 1.82) is 0 Å². The molecular weight excluding hydrogens is 386 g/mol. The first-order chi connectivity index (χ1) is 11.9. The Morgan fingerprint density at radius 2 is 1.54 bits per heavy atom. The van der Waals surface area contributed by atoms with E-state index in [0.717, 1.165) is 10.5 Å². The summed E-state index contributed by atoms with van der Waals surface area (Å²) in [5, 5.41) is 11.9. The van der Waals surface area contributed by atoms with E-state index in [4.69, 9.17) is 19.6 Å². The molecule has 0 spiro atoms. The molecule has 0 bridgehead atoms. The van der Waals surface area contributed by atoms with Gasteiger partial charge in [-0.3, -0.25) is 18.8 Å². The molecule has 0 aliphatic rings. The summed E-state index contributed by atoms with van der Waals surface area (Å²) >= 11 is 0. The minimum Gasteiger partial charge on any atom is -0.508 e. The second-order valence-corrected chi connectivity index (χ2v) is 9.10. The van der Waals surface area contributed by atoms with Crippen LogP contribution in [0.2, 0.25) is 0 Å². The van der Waals surface area contributed by atoms with Crippen LogP contribution < -0.4 is 5.32 Å². The average molecular weight is 410 g/mol. The summed E-state index contributed by atoms with van der Waals surface area (Å²) in [6.07, 6.45) is -0.713. The molecule has 0 aliphatic heterocycles. The highest BCUT2D eigenvalue weighted by molar-refractivity contribution is 7.52. The van der Waals surface area contributed by atoms with Gasteiger partial charge in [0.1, 0.15) is 18.3 Å². The van der Waals surface area contributed by atoms with E-state index in [1.165, 1.54) is 0 Å². The number of phenolic OH excluding ortho intramolecular Hbond substituents is 1. The fourth-order valence-corrected chi connectivity index (χ4v) is 3.95. The van der Waals surface area contributed by atoms with Crippen molar-refractivity contribution in [2.45, 2.75) is 19.3 Å². The molecule has 26 heavy (non-hydrogen) atoms. The van der Waals surface area contributed by atoms with Gasteiger partial charge < -0.3 is 30.0 Å².